The Hall–Kier alpha value is -1.36. The number of hydrogen-bond acceptors (Lipinski definition) is 5. The first-order valence-corrected chi connectivity index (χ1v) is 6.79. The predicted molar refractivity (Wildman–Crippen MR) is 79.5 cm³/mol. The standard InChI is InChI=1S/C14H26N4O/c1-6-15-11-9-12(16-8-7-14(2,3)4)18-13(17-11)10-19-5/h9H,6-8,10H2,1-5H3,(H2,15,16,17,18). The predicted octanol–water partition coefficient (Wildman–Crippen LogP) is 2.90. The van der Waals surface area contributed by atoms with Crippen LogP contribution in [0.25, 0.3) is 0 Å². The van der Waals surface area contributed by atoms with Crippen molar-refractivity contribution in [3.63, 3.8) is 0 Å². The Morgan fingerprint density at radius 1 is 1.16 bits per heavy atom. The van der Waals surface area contributed by atoms with Gasteiger partial charge in [0, 0.05) is 26.3 Å². The van der Waals surface area contributed by atoms with Gasteiger partial charge in [-0.3, -0.25) is 0 Å². The van der Waals surface area contributed by atoms with Crippen molar-refractivity contribution >= 4 is 11.6 Å². The Morgan fingerprint density at radius 2 is 1.79 bits per heavy atom. The third-order valence-corrected chi connectivity index (χ3v) is 2.58. The minimum Gasteiger partial charge on any atom is -0.377 e. The van der Waals surface area contributed by atoms with Gasteiger partial charge >= 0.3 is 0 Å². The largest absolute Gasteiger partial charge is 0.377 e. The molecule has 19 heavy (non-hydrogen) atoms. The molecular formula is C14H26N4O. The average molecular weight is 266 g/mol. The number of aromatic nitrogens is 2. The van der Waals surface area contributed by atoms with Crippen LogP contribution in [-0.2, 0) is 11.3 Å². The van der Waals surface area contributed by atoms with Gasteiger partial charge in [0.2, 0.25) is 0 Å². The molecule has 1 heterocycles. The van der Waals surface area contributed by atoms with E-state index in [2.05, 4.69) is 41.4 Å². The summed E-state index contributed by atoms with van der Waals surface area (Å²) in [4.78, 5) is 8.82. The summed E-state index contributed by atoms with van der Waals surface area (Å²) in [5.41, 5.74) is 0.319. The molecule has 1 aromatic heterocycles. The molecule has 0 aromatic carbocycles. The van der Waals surface area contributed by atoms with Gasteiger partial charge in [-0.2, -0.15) is 0 Å². The molecule has 0 atom stereocenters. The van der Waals surface area contributed by atoms with Crippen molar-refractivity contribution in [1.29, 1.82) is 0 Å². The topological polar surface area (TPSA) is 59.1 Å². The average Bonchev–Trinajstić information content (AvgIpc) is 2.28. The molecule has 0 saturated carbocycles. The van der Waals surface area contributed by atoms with Crippen LogP contribution in [0, 0.1) is 5.41 Å². The van der Waals surface area contributed by atoms with E-state index in [0.717, 1.165) is 31.1 Å². The molecular weight excluding hydrogens is 240 g/mol. The first kappa shape index (κ1) is 15.7. The highest BCUT2D eigenvalue weighted by Crippen LogP contribution is 2.19. The Labute approximate surface area is 116 Å². The molecule has 5 nitrogen and oxygen atoms in total. The van der Waals surface area contributed by atoms with E-state index in [9.17, 15) is 0 Å². The molecule has 108 valence electrons. The lowest BCUT2D eigenvalue weighted by Crippen LogP contribution is -2.14. The summed E-state index contributed by atoms with van der Waals surface area (Å²) in [5.74, 6) is 2.38. The van der Waals surface area contributed by atoms with Crippen molar-refractivity contribution in [3.8, 4) is 0 Å². The third kappa shape index (κ3) is 6.38. The first-order chi connectivity index (χ1) is 8.94. The van der Waals surface area contributed by atoms with Crippen LogP contribution in [0.3, 0.4) is 0 Å². The smallest absolute Gasteiger partial charge is 0.158 e. The summed E-state index contributed by atoms with van der Waals surface area (Å²) < 4.78 is 5.09. The van der Waals surface area contributed by atoms with Crippen molar-refractivity contribution < 1.29 is 4.74 Å². The normalized spacial score (nSPS) is 11.4. The number of methoxy groups -OCH3 is 1. The van der Waals surface area contributed by atoms with E-state index in [1.807, 2.05) is 13.0 Å². The van der Waals surface area contributed by atoms with Gasteiger partial charge in [-0.15, -0.1) is 0 Å². The Bertz CT molecular complexity index is 363. The minimum atomic E-state index is 0.319. The maximum atomic E-state index is 5.09. The third-order valence-electron chi connectivity index (χ3n) is 2.58. The summed E-state index contributed by atoms with van der Waals surface area (Å²) in [6.07, 6.45) is 1.09. The van der Waals surface area contributed by atoms with Crippen LogP contribution in [-0.4, -0.2) is 30.2 Å². The molecule has 0 unspecified atom stereocenters. The Balaban J connectivity index is 2.69. The molecule has 0 aliphatic heterocycles. The Morgan fingerprint density at radius 3 is 2.32 bits per heavy atom. The molecule has 0 amide bonds. The van der Waals surface area contributed by atoms with Gasteiger partial charge in [0.25, 0.3) is 0 Å². The van der Waals surface area contributed by atoms with Crippen LogP contribution in [0.15, 0.2) is 6.07 Å². The van der Waals surface area contributed by atoms with Gasteiger partial charge in [0.15, 0.2) is 5.82 Å². The van der Waals surface area contributed by atoms with Gasteiger partial charge in [-0.25, -0.2) is 9.97 Å². The molecule has 1 rings (SSSR count). The van der Waals surface area contributed by atoms with E-state index in [4.69, 9.17) is 4.74 Å². The van der Waals surface area contributed by atoms with Crippen LogP contribution in [0.1, 0.15) is 39.9 Å². The summed E-state index contributed by atoms with van der Waals surface area (Å²) >= 11 is 0. The maximum absolute atomic E-state index is 5.09. The zero-order chi connectivity index (χ0) is 14.3. The van der Waals surface area contributed by atoms with Gasteiger partial charge in [0.1, 0.15) is 18.2 Å². The highest BCUT2D eigenvalue weighted by Gasteiger charge is 2.10. The second-order valence-electron chi connectivity index (χ2n) is 5.76. The highest BCUT2D eigenvalue weighted by molar-refractivity contribution is 5.47. The number of rotatable bonds is 7. The van der Waals surface area contributed by atoms with Crippen LogP contribution in [0.2, 0.25) is 0 Å². The molecule has 0 aliphatic carbocycles. The lowest BCUT2D eigenvalue weighted by molar-refractivity contribution is 0.178. The fraction of sp³-hybridized carbons (Fsp3) is 0.714. The maximum Gasteiger partial charge on any atom is 0.158 e. The molecule has 0 saturated heterocycles. The van der Waals surface area contributed by atoms with E-state index in [1.165, 1.54) is 0 Å². The van der Waals surface area contributed by atoms with Crippen molar-refractivity contribution in [1.82, 2.24) is 9.97 Å². The summed E-state index contributed by atoms with van der Waals surface area (Å²) in [7, 11) is 1.65. The lowest BCUT2D eigenvalue weighted by atomic mass is 9.92. The SMILES string of the molecule is CCNc1cc(NCCC(C)(C)C)nc(COC)n1. The zero-order valence-electron chi connectivity index (χ0n) is 12.7. The van der Waals surface area contributed by atoms with Crippen molar-refractivity contribution in [3.05, 3.63) is 11.9 Å². The summed E-state index contributed by atoms with van der Waals surface area (Å²) in [6, 6.07) is 1.94. The number of nitrogens with one attached hydrogen (secondary N) is 2. The highest BCUT2D eigenvalue weighted by atomic mass is 16.5. The molecule has 0 spiro atoms. The number of ether oxygens (including phenoxy) is 1. The van der Waals surface area contributed by atoms with E-state index >= 15 is 0 Å². The van der Waals surface area contributed by atoms with Crippen LogP contribution in [0.4, 0.5) is 11.6 Å². The summed E-state index contributed by atoms with van der Waals surface area (Å²) in [6.45, 7) is 10.9. The molecule has 0 aliphatic rings. The molecule has 5 heteroatoms. The molecule has 1 aromatic rings. The van der Waals surface area contributed by atoms with E-state index in [-0.39, 0.29) is 0 Å². The number of nitrogens with zero attached hydrogens (tertiary/aromatic N) is 2. The van der Waals surface area contributed by atoms with E-state index in [0.29, 0.717) is 17.8 Å². The quantitative estimate of drug-likeness (QED) is 0.794. The van der Waals surface area contributed by atoms with Crippen LogP contribution >= 0.6 is 0 Å². The molecule has 2 N–H and O–H groups in total. The van der Waals surface area contributed by atoms with Crippen molar-refractivity contribution in [2.24, 2.45) is 5.41 Å². The van der Waals surface area contributed by atoms with Gasteiger partial charge in [-0.05, 0) is 18.8 Å². The molecule has 0 fully saturated rings. The van der Waals surface area contributed by atoms with Crippen molar-refractivity contribution in [2.75, 3.05) is 30.8 Å². The first-order valence-electron chi connectivity index (χ1n) is 6.79. The van der Waals surface area contributed by atoms with Crippen LogP contribution in [0.5, 0.6) is 0 Å². The number of anilines is 2. The fourth-order valence-corrected chi connectivity index (χ4v) is 1.62. The molecule has 0 radical (unpaired) electrons. The Kier molecular flexibility index (Phi) is 6.02. The second-order valence-corrected chi connectivity index (χ2v) is 5.76. The second kappa shape index (κ2) is 7.28. The molecule has 0 bridgehead atoms. The van der Waals surface area contributed by atoms with E-state index < -0.39 is 0 Å². The minimum absolute atomic E-state index is 0.319. The van der Waals surface area contributed by atoms with Crippen LogP contribution < -0.4 is 10.6 Å². The van der Waals surface area contributed by atoms with E-state index in [1.54, 1.807) is 7.11 Å². The van der Waals surface area contributed by atoms with Gasteiger partial charge < -0.3 is 15.4 Å². The summed E-state index contributed by atoms with van der Waals surface area (Å²) in [5, 5.41) is 6.56. The lowest BCUT2D eigenvalue weighted by Gasteiger charge is -2.18. The zero-order valence-corrected chi connectivity index (χ0v) is 12.7. The monoisotopic (exact) mass is 266 g/mol. The number of hydrogen-bond donors (Lipinski definition) is 2. The van der Waals surface area contributed by atoms with Gasteiger partial charge in [-0.1, -0.05) is 20.8 Å². The fourth-order valence-electron chi connectivity index (χ4n) is 1.62. The van der Waals surface area contributed by atoms with Crippen molar-refractivity contribution in [2.45, 2.75) is 40.7 Å². The van der Waals surface area contributed by atoms with Gasteiger partial charge in [0.05, 0.1) is 0 Å².